The number of benzene rings is 7. The summed E-state index contributed by atoms with van der Waals surface area (Å²) in [4.78, 5) is 0. The molecule has 0 heterocycles. The Morgan fingerprint density at radius 3 is 1.56 bits per heavy atom. The lowest BCUT2D eigenvalue weighted by Crippen LogP contribution is -1.91. The van der Waals surface area contributed by atoms with Gasteiger partial charge in [0.25, 0.3) is 0 Å². The zero-order valence-corrected chi connectivity index (χ0v) is 18.7. The molecule has 158 valence electrons. The Morgan fingerprint density at radius 1 is 0.265 bits per heavy atom. The van der Waals surface area contributed by atoms with Gasteiger partial charge in [0.05, 0.1) is 0 Å². The Balaban J connectivity index is 1.66. The molecular formula is C34H22. The van der Waals surface area contributed by atoms with Gasteiger partial charge >= 0.3 is 0 Å². The first-order valence-corrected chi connectivity index (χ1v) is 11.8. The van der Waals surface area contributed by atoms with E-state index in [1.54, 1.807) is 0 Å². The molecule has 0 aliphatic carbocycles. The maximum absolute atomic E-state index is 2.30. The Kier molecular flexibility index (Phi) is 4.25. The molecular weight excluding hydrogens is 408 g/mol. The van der Waals surface area contributed by atoms with Gasteiger partial charge in [-0.05, 0) is 65.3 Å². The van der Waals surface area contributed by atoms with Crippen molar-refractivity contribution in [3.05, 3.63) is 133 Å². The van der Waals surface area contributed by atoms with Crippen LogP contribution in [0.25, 0.3) is 65.3 Å². The molecule has 0 aliphatic heterocycles. The van der Waals surface area contributed by atoms with Gasteiger partial charge in [0.15, 0.2) is 0 Å². The highest BCUT2D eigenvalue weighted by atomic mass is 14.2. The van der Waals surface area contributed by atoms with Crippen LogP contribution in [-0.4, -0.2) is 0 Å². The second-order valence-electron chi connectivity index (χ2n) is 8.92. The van der Waals surface area contributed by atoms with Crippen LogP contribution in [0.15, 0.2) is 133 Å². The van der Waals surface area contributed by atoms with E-state index in [9.17, 15) is 0 Å². The molecule has 0 aromatic heterocycles. The SMILES string of the molecule is c1ccc(-c2ccc3c(ccc4ccccc43)c2-c2cccc3c2ccc2ccccc23)cc1. The van der Waals surface area contributed by atoms with E-state index < -0.39 is 0 Å². The first-order valence-electron chi connectivity index (χ1n) is 11.8. The molecule has 0 N–H and O–H groups in total. The van der Waals surface area contributed by atoms with E-state index in [4.69, 9.17) is 0 Å². The van der Waals surface area contributed by atoms with Crippen LogP contribution >= 0.6 is 0 Å². The van der Waals surface area contributed by atoms with Gasteiger partial charge in [0, 0.05) is 0 Å². The van der Waals surface area contributed by atoms with Gasteiger partial charge in [-0.3, -0.25) is 0 Å². The van der Waals surface area contributed by atoms with E-state index in [0.717, 1.165) is 0 Å². The summed E-state index contributed by atoms with van der Waals surface area (Å²) in [5.74, 6) is 0. The van der Waals surface area contributed by atoms with Gasteiger partial charge in [0.2, 0.25) is 0 Å². The summed E-state index contributed by atoms with van der Waals surface area (Å²) in [6.07, 6.45) is 0. The maximum atomic E-state index is 2.30. The minimum Gasteiger partial charge on any atom is -0.0622 e. The van der Waals surface area contributed by atoms with Gasteiger partial charge < -0.3 is 0 Å². The van der Waals surface area contributed by atoms with Crippen LogP contribution in [-0.2, 0) is 0 Å². The topological polar surface area (TPSA) is 0 Å². The molecule has 0 amide bonds. The van der Waals surface area contributed by atoms with Crippen molar-refractivity contribution in [3.63, 3.8) is 0 Å². The van der Waals surface area contributed by atoms with E-state index in [1.165, 1.54) is 65.3 Å². The fourth-order valence-corrected chi connectivity index (χ4v) is 5.50. The van der Waals surface area contributed by atoms with Crippen molar-refractivity contribution in [1.82, 2.24) is 0 Å². The predicted octanol–water partition coefficient (Wildman–Crippen LogP) is 9.63. The molecule has 0 saturated carbocycles. The third-order valence-corrected chi connectivity index (χ3v) is 7.07. The fourth-order valence-electron chi connectivity index (χ4n) is 5.50. The van der Waals surface area contributed by atoms with E-state index in [2.05, 4.69) is 133 Å². The zero-order valence-electron chi connectivity index (χ0n) is 18.7. The summed E-state index contributed by atoms with van der Waals surface area (Å²) in [5, 5.41) is 10.3. The fraction of sp³-hybridized carbons (Fsp3) is 0. The Hall–Kier alpha value is -4.42. The minimum atomic E-state index is 1.24. The van der Waals surface area contributed by atoms with E-state index in [0.29, 0.717) is 0 Å². The van der Waals surface area contributed by atoms with Crippen LogP contribution in [0.1, 0.15) is 0 Å². The molecule has 0 heteroatoms. The molecule has 0 spiro atoms. The van der Waals surface area contributed by atoms with Crippen LogP contribution < -0.4 is 0 Å². The van der Waals surface area contributed by atoms with Crippen LogP contribution in [0.3, 0.4) is 0 Å². The quantitative estimate of drug-likeness (QED) is 0.239. The van der Waals surface area contributed by atoms with Crippen molar-refractivity contribution < 1.29 is 0 Å². The minimum absolute atomic E-state index is 1.24. The number of hydrogen-bond donors (Lipinski definition) is 0. The summed E-state index contributed by atoms with van der Waals surface area (Å²) >= 11 is 0. The van der Waals surface area contributed by atoms with Crippen LogP contribution in [0.4, 0.5) is 0 Å². The molecule has 0 nitrogen and oxygen atoms in total. The lowest BCUT2D eigenvalue weighted by Gasteiger charge is -2.18. The van der Waals surface area contributed by atoms with E-state index in [-0.39, 0.29) is 0 Å². The van der Waals surface area contributed by atoms with Gasteiger partial charge in [-0.15, -0.1) is 0 Å². The first-order chi connectivity index (χ1) is 16.9. The van der Waals surface area contributed by atoms with Gasteiger partial charge in [-0.1, -0.05) is 133 Å². The van der Waals surface area contributed by atoms with Crippen molar-refractivity contribution >= 4 is 43.1 Å². The summed E-state index contributed by atoms with van der Waals surface area (Å²) in [5.41, 5.74) is 5.09. The largest absolute Gasteiger partial charge is 0.0622 e. The smallest absolute Gasteiger partial charge is 0.00204 e. The highest BCUT2D eigenvalue weighted by Crippen LogP contribution is 2.43. The molecule has 0 saturated heterocycles. The molecule has 0 radical (unpaired) electrons. The Labute approximate surface area is 198 Å². The summed E-state index contributed by atoms with van der Waals surface area (Å²) in [6.45, 7) is 0. The summed E-state index contributed by atoms with van der Waals surface area (Å²) in [6, 6.07) is 48.6. The van der Waals surface area contributed by atoms with Gasteiger partial charge in [-0.25, -0.2) is 0 Å². The molecule has 7 rings (SSSR count). The number of rotatable bonds is 2. The molecule has 0 unspecified atom stereocenters. The van der Waals surface area contributed by atoms with Crippen LogP contribution in [0.5, 0.6) is 0 Å². The van der Waals surface area contributed by atoms with Crippen molar-refractivity contribution in [1.29, 1.82) is 0 Å². The molecule has 34 heavy (non-hydrogen) atoms. The molecule has 0 atom stereocenters. The normalized spacial score (nSPS) is 11.5. The lowest BCUT2D eigenvalue weighted by molar-refractivity contribution is 1.63. The summed E-state index contributed by atoms with van der Waals surface area (Å²) in [7, 11) is 0. The van der Waals surface area contributed by atoms with E-state index >= 15 is 0 Å². The van der Waals surface area contributed by atoms with Gasteiger partial charge in [0.1, 0.15) is 0 Å². The first kappa shape index (κ1) is 19.1. The number of hydrogen-bond acceptors (Lipinski definition) is 0. The second-order valence-corrected chi connectivity index (χ2v) is 8.92. The third kappa shape index (κ3) is 2.86. The highest BCUT2D eigenvalue weighted by Gasteiger charge is 2.16. The highest BCUT2D eigenvalue weighted by molar-refractivity contribution is 6.19. The molecule has 0 bridgehead atoms. The monoisotopic (exact) mass is 430 g/mol. The van der Waals surface area contributed by atoms with Crippen molar-refractivity contribution in [2.45, 2.75) is 0 Å². The van der Waals surface area contributed by atoms with Crippen molar-refractivity contribution in [3.8, 4) is 22.3 Å². The van der Waals surface area contributed by atoms with Crippen molar-refractivity contribution in [2.75, 3.05) is 0 Å². The van der Waals surface area contributed by atoms with Crippen LogP contribution in [0, 0.1) is 0 Å². The maximum Gasteiger partial charge on any atom is -0.00204 e. The van der Waals surface area contributed by atoms with Crippen molar-refractivity contribution in [2.24, 2.45) is 0 Å². The molecule has 7 aromatic carbocycles. The zero-order chi connectivity index (χ0) is 22.5. The average molecular weight is 431 g/mol. The molecule has 0 aliphatic rings. The molecule has 7 aromatic rings. The summed E-state index contributed by atoms with van der Waals surface area (Å²) < 4.78 is 0. The number of fused-ring (bicyclic) bond motifs is 6. The predicted molar refractivity (Wildman–Crippen MR) is 147 cm³/mol. The van der Waals surface area contributed by atoms with Crippen LogP contribution in [0.2, 0.25) is 0 Å². The van der Waals surface area contributed by atoms with E-state index in [1.807, 2.05) is 0 Å². The Morgan fingerprint density at radius 2 is 0.824 bits per heavy atom. The average Bonchev–Trinajstić information content (AvgIpc) is 2.92. The third-order valence-electron chi connectivity index (χ3n) is 7.07. The molecule has 0 fully saturated rings. The second kappa shape index (κ2) is 7.57. The lowest BCUT2D eigenvalue weighted by atomic mass is 9.85. The Bertz CT molecular complexity index is 1840. The van der Waals surface area contributed by atoms with Gasteiger partial charge in [-0.2, -0.15) is 0 Å². The standard InChI is InChI=1S/C34H22/c1-2-9-23(10-3-1)28-21-22-30-27-14-7-5-12-25(27)18-20-33(30)34(28)32-16-8-15-29-26-13-6-4-11-24(26)17-19-31(29)32/h1-22H.